The summed E-state index contributed by atoms with van der Waals surface area (Å²) < 4.78 is 43.4. The number of ether oxygens (including phenoxy) is 1. The van der Waals surface area contributed by atoms with Gasteiger partial charge in [-0.2, -0.15) is 18.4 Å². The number of esters is 1. The van der Waals surface area contributed by atoms with Gasteiger partial charge < -0.3 is 51.3 Å². The van der Waals surface area contributed by atoms with Crippen molar-refractivity contribution in [2.75, 3.05) is 7.11 Å². The van der Waals surface area contributed by atoms with Gasteiger partial charge in [-0.05, 0) is 158 Å². The Hall–Kier alpha value is -16.7. The number of halogens is 3. The van der Waals surface area contributed by atoms with Gasteiger partial charge in [0.2, 0.25) is 5.91 Å². The number of hydrogen-bond donors (Lipinski definition) is 9. The summed E-state index contributed by atoms with van der Waals surface area (Å²) in [4.78, 5) is 76.4. The molecule has 4 aromatic heterocycles. The minimum atomic E-state index is -4.46. The van der Waals surface area contributed by atoms with Crippen LogP contribution in [-0.2, 0) is 10.9 Å². The van der Waals surface area contributed by atoms with E-state index in [1.807, 2.05) is 0 Å². The molecule has 0 spiro atoms. The Morgan fingerprint density at radius 1 is 0.291 bits per heavy atom. The van der Waals surface area contributed by atoms with Gasteiger partial charge in [-0.25, -0.2) is 64.6 Å². The number of hydrogen-bond acceptors (Lipinski definition) is 24. The van der Waals surface area contributed by atoms with Crippen molar-refractivity contribution in [1.82, 2.24) is 59.8 Å². The van der Waals surface area contributed by atoms with Crippen LogP contribution in [0.4, 0.5) is 13.2 Å². The largest absolute Gasteiger partial charge is 0.507 e. The number of primary amides is 1. The molecule has 10 N–H and O–H groups in total. The SMILES string of the molecule is COC(=O)c1ccc(-c2nc(-c3ccccc3O)nc(-c3ccccc3O)n2)cc1.N#Cc1ccc(-c2nc(-c3ccccc3O)nc(-c3ccccc3O)n2)cc1.NC(=O)c1ccc(-c2nc(-c3ccccc3O)nc(-c3ccccc3O)n2)cc1.Oc1ccccc1-c1nc(-c2ccc(C(F)(F)F)cc2)nc(-c2ccccc2O)n1. The third kappa shape index (κ3) is 18.5. The van der Waals surface area contributed by atoms with Crippen LogP contribution in [0.3, 0.4) is 0 Å². The van der Waals surface area contributed by atoms with Gasteiger partial charge in [0.1, 0.15) is 46.0 Å². The van der Waals surface area contributed by atoms with Crippen LogP contribution in [0.2, 0.25) is 0 Å². The number of amides is 1. The molecular formula is C89H61F3N14O11. The second-order valence-electron chi connectivity index (χ2n) is 25.1. The van der Waals surface area contributed by atoms with Gasteiger partial charge in [-0.1, -0.05) is 133 Å². The van der Waals surface area contributed by atoms with Crippen LogP contribution in [-0.4, -0.2) is 120 Å². The Labute approximate surface area is 663 Å². The van der Waals surface area contributed by atoms with E-state index in [1.165, 1.54) is 31.4 Å². The van der Waals surface area contributed by atoms with E-state index in [1.54, 1.807) is 255 Å². The number of phenolic OH excluding ortho intramolecular Hbond substituents is 8. The molecule has 117 heavy (non-hydrogen) atoms. The molecule has 0 fully saturated rings. The molecule has 25 nitrogen and oxygen atoms in total. The molecule has 1 amide bonds. The number of rotatable bonds is 14. The van der Waals surface area contributed by atoms with Crippen molar-refractivity contribution in [1.29, 1.82) is 5.26 Å². The third-order valence-electron chi connectivity index (χ3n) is 17.4. The number of carbonyl (C=O) groups excluding carboxylic acids is 2. The number of methoxy groups -OCH3 is 1. The van der Waals surface area contributed by atoms with Crippen molar-refractivity contribution in [3.05, 3.63) is 313 Å². The topological polar surface area (TPSA) is 410 Å². The summed E-state index contributed by atoms with van der Waals surface area (Å²) in [6.45, 7) is 0. The minimum Gasteiger partial charge on any atom is -0.507 e. The Morgan fingerprint density at radius 3 is 0.667 bits per heavy atom. The van der Waals surface area contributed by atoms with Crippen LogP contribution < -0.4 is 5.73 Å². The molecule has 0 bridgehead atoms. The Kier molecular flexibility index (Phi) is 23.5. The fraction of sp³-hybridized carbons (Fsp3) is 0.0225. The van der Waals surface area contributed by atoms with Gasteiger partial charge in [0.25, 0.3) is 0 Å². The molecule has 574 valence electrons. The van der Waals surface area contributed by atoms with Crippen molar-refractivity contribution < 1.29 is 68.3 Å². The summed E-state index contributed by atoms with van der Waals surface area (Å²) in [5.74, 6) is 2.06. The first-order chi connectivity index (χ1) is 56.6. The quantitative estimate of drug-likeness (QED) is 0.0457. The second kappa shape index (κ2) is 35.1. The van der Waals surface area contributed by atoms with Gasteiger partial charge in [0, 0.05) is 27.8 Å². The molecule has 12 aromatic carbocycles. The highest BCUT2D eigenvalue weighted by Crippen LogP contribution is 2.39. The number of para-hydroxylation sites is 8. The molecule has 0 saturated carbocycles. The van der Waals surface area contributed by atoms with Crippen LogP contribution in [0.25, 0.3) is 137 Å². The molecule has 16 aromatic rings. The molecule has 0 atom stereocenters. The van der Waals surface area contributed by atoms with E-state index in [2.05, 4.69) is 65.9 Å². The van der Waals surface area contributed by atoms with Crippen molar-refractivity contribution in [2.45, 2.75) is 6.18 Å². The number of benzene rings is 12. The second-order valence-corrected chi connectivity index (χ2v) is 25.1. The standard InChI is InChI=1S/C23H17N3O4.C22H14F3N3O2.C22H16N4O3.C22H14N4O2/c1-30-23(29)15-12-10-14(11-13-15)20-24-21(16-6-2-4-8-18(16)27)26-22(25-20)17-7-3-5-9-19(17)28;23-22(24,25)14-11-9-13(10-12-14)19-26-20(15-5-1-3-7-17(15)29)28-21(27-19)16-6-2-4-8-18(16)30;23-19(29)13-9-11-14(12-10-13)20-24-21(15-5-1-3-7-17(15)27)26-22(25-20)16-6-2-4-8-18(16)28;23-13-14-9-11-15(12-10-14)20-24-21(16-5-1-3-7-18(16)27)26-22(25-20)17-6-2-4-8-19(17)28/h2-13,27-28H,1H3;1-12,29-30H;1-12,27-28H,(H2,23,29);1-12,27-28H. The fourth-order valence-corrected chi connectivity index (χ4v) is 11.4. The lowest BCUT2D eigenvalue weighted by atomic mass is 10.1. The summed E-state index contributed by atoms with van der Waals surface area (Å²) in [7, 11) is 1.32. The van der Waals surface area contributed by atoms with Crippen molar-refractivity contribution >= 4 is 11.9 Å². The molecule has 4 heterocycles. The molecule has 28 heteroatoms. The van der Waals surface area contributed by atoms with Gasteiger partial charge in [0.05, 0.1) is 74.4 Å². The molecule has 0 aliphatic heterocycles. The van der Waals surface area contributed by atoms with Gasteiger partial charge in [0.15, 0.2) is 69.9 Å². The third-order valence-corrected chi connectivity index (χ3v) is 17.4. The smallest absolute Gasteiger partial charge is 0.416 e. The lowest BCUT2D eigenvalue weighted by molar-refractivity contribution is -0.137. The molecular weight excluding hydrogens is 1500 g/mol. The highest BCUT2D eigenvalue weighted by atomic mass is 19.4. The Morgan fingerprint density at radius 2 is 0.479 bits per heavy atom. The zero-order chi connectivity index (χ0) is 82.3. The number of carbonyl (C=O) groups is 2. The van der Waals surface area contributed by atoms with Crippen LogP contribution in [0.5, 0.6) is 46.0 Å². The number of nitrogens with two attached hydrogens (primary N) is 1. The van der Waals surface area contributed by atoms with E-state index in [0.29, 0.717) is 101 Å². The van der Waals surface area contributed by atoms with Crippen LogP contribution >= 0.6 is 0 Å². The van der Waals surface area contributed by atoms with Gasteiger partial charge in [-0.15, -0.1) is 0 Å². The number of phenols is 8. The van der Waals surface area contributed by atoms with E-state index in [9.17, 15) is 63.6 Å². The highest BCUT2D eigenvalue weighted by molar-refractivity contribution is 5.93. The van der Waals surface area contributed by atoms with E-state index in [0.717, 1.165) is 12.1 Å². The molecule has 0 saturated heterocycles. The van der Waals surface area contributed by atoms with Gasteiger partial charge in [-0.3, -0.25) is 4.79 Å². The predicted molar refractivity (Wildman–Crippen MR) is 427 cm³/mol. The Balaban J connectivity index is 0.000000136. The molecule has 0 aliphatic carbocycles. The molecule has 16 rings (SSSR count). The average molecular weight is 1560 g/mol. The number of aromatic hydroxyl groups is 8. The van der Waals surface area contributed by atoms with E-state index < -0.39 is 23.6 Å². The zero-order valence-electron chi connectivity index (χ0n) is 61.0. The lowest BCUT2D eigenvalue weighted by Crippen LogP contribution is -2.10. The summed E-state index contributed by atoms with van der Waals surface area (Å²) in [5, 5.41) is 90.8. The van der Waals surface area contributed by atoms with E-state index in [4.69, 9.17) is 15.7 Å². The fourth-order valence-electron chi connectivity index (χ4n) is 11.4. The minimum absolute atomic E-state index is 0.0250. The van der Waals surface area contributed by atoms with E-state index in [-0.39, 0.29) is 98.4 Å². The average Bonchev–Trinajstić information content (AvgIpc) is 0.801. The van der Waals surface area contributed by atoms with E-state index >= 15 is 0 Å². The predicted octanol–water partition coefficient (Wildman–Crippen LogP) is 16.9. The van der Waals surface area contributed by atoms with Crippen molar-refractivity contribution in [3.8, 4) is 189 Å². The molecule has 0 unspecified atom stereocenters. The highest BCUT2D eigenvalue weighted by Gasteiger charge is 2.31. The summed E-state index contributed by atoms with van der Waals surface area (Å²) >= 11 is 0. The van der Waals surface area contributed by atoms with Gasteiger partial charge >= 0.3 is 12.1 Å². The maximum absolute atomic E-state index is 12.9. The summed E-state index contributed by atoms with van der Waals surface area (Å²) in [6.07, 6.45) is -4.46. The number of alkyl halides is 3. The maximum atomic E-state index is 12.9. The first-order valence-electron chi connectivity index (χ1n) is 35.2. The monoisotopic (exact) mass is 1560 g/mol. The Bertz CT molecular complexity index is 6130. The first kappa shape index (κ1) is 78.4. The van der Waals surface area contributed by atoms with Crippen LogP contribution in [0, 0.1) is 11.3 Å². The maximum Gasteiger partial charge on any atom is 0.416 e. The molecule has 0 radical (unpaired) electrons. The number of aromatic nitrogens is 12. The van der Waals surface area contributed by atoms with Crippen LogP contribution in [0.15, 0.2) is 291 Å². The number of nitriles is 1. The number of nitrogens with zero attached hydrogens (tertiary/aromatic N) is 13. The van der Waals surface area contributed by atoms with Crippen molar-refractivity contribution in [3.63, 3.8) is 0 Å². The van der Waals surface area contributed by atoms with Crippen LogP contribution in [0.1, 0.15) is 31.8 Å². The van der Waals surface area contributed by atoms with Crippen molar-refractivity contribution in [2.24, 2.45) is 5.73 Å². The zero-order valence-corrected chi connectivity index (χ0v) is 61.0. The summed E-state index contributed by atoms with van der Waals surface area (Å²) in [5.41, 5.74) is 11.4. The first-order valence-corrected chi connectivity index (χ1v) is 35.2. The normalized spacial score (nSPS) is 10.8. The summed E-state index contributed by atoms with van der Waals surface area (Å²) in [6, 6.07) is 79.7. The lowest BCUT2D eigenvalue weighted by Gasteiger charge is -2.11. The molecule has 0 aliphatic rings.